The fourth-order valence-electron chi connectivity index (χ4n) is 5.89. The van der Waals surface area contributed by atoms with Gasteiger partial charge in [0.25, 0.3) is 7.82 Å². The lowest BCUT2D eigenvalue weighted by Crippen LogP contribution is -2.37. The topological polar surface area (TPSA) is 111 Å². The Bertz CT molecular complexity index is 1170. The smallest absolute Gasteiger partial charge is 0.306 e. The minimum atomic E-state index is -4.65. The van der Waals surface area contributed by atoms with E-state index < -0.39 is 32.5 Å². The summed E-state index contributed by atoms with van der Waals surface area (Å²) < 4.78 is 33.8. The van der Waals surface area contributed by atoms with E-state index >= 15 is 0 Å². The molecule has 0 saturated carbocycles. The molecule has 0 aromatic rings. The van der Waals surface area contributed by atoms with Crippen LogP contribution >= 0.6 is 7.82 Å². The molecular formula is C48H86NO8P. The number of ether oxygens (including phenoxy) is 2. The Morgan fingerprint density at radius 2 is 0.931 bits per heavy atom. The highest BCUT2D eigenvalue weighted by Crippen LogP contribution is 2.38. The van der Waals surface area contributed by atoms with Crippen molar-refractivity contribution >= 4 is 19.8 Å². The maximum Gasteiger partial charge on any atom is 0.306 e. The average molecular weight is 836 g/mol. The van der Waals surface area contributed by atoms with Gasteiger partial charge in [-0.1, -0.05) is 158 Å². The molecule has 2 atom stereocenters. The van der Waals surface area contributed by atoms with Crippen LogP contribution in [0.2, 0.25) is 0 Å². The Labute approximate surface area is 356 Å². The van der Waals surface area contributed by atoms with Crippen molar-refractivity contribution in [1.82, 2.24) is 0 Å². The molecule has 0 heterocycles. The highest BCUT2D eigenvalue weighted by molar-refractivity contribution is 7.45. The summed E-state index contributed by atoms with van der Waals surface area (Å²) >= 11 is 0. The quantitative estimate of drug-likeness (QED) is 0.0197. The minimum absolute atomic E-state index is 0.0478. The number of hydrogen-bond donors (Lipinski definition) is 0. The molecule has 0 aromatic carbocycles. The molecule has 336 valence electrons. The monoisotopic (exact) mass is 836 g/mol. The third-order valence-electron chi connectivity index (χ3n) is 9.51. The molecule has 0 rings (SSSR count). The van der Waals surface area contributed by atoms with Gasteiger partial charge in [-0.3, -0.25) is 14.2 Å². The van der Waals surface area contributed by atoms with E-state index in [4.69, 9.17) is 18.5 Å². The van der Waals surface area contributed by atoms with Gasteiger partial charge in [0.1, 0.15) is 19.8 Å². The van der Waals surface area contributed by atoms with Crippen LogP contribution in [0.15, 0.2) is 60.8 Å². The Balaban J connectivity index is 4.49. The molecule has 0 aliphatic heterocycles. The van der Waals surface area contributed by atoms with Crippen LogP contribution in [-0.2, 0) is 32.7 Å². The summed E-state index contributed by atoms with van der Waals surface area (Å²) in [6.45, 7) is 4.11. The summed E-state index contributed by atoms with van der Waals surface area (Å²) in [6.07, 6.45) is 48.4. The summed E-state index contributed by atoms with van der Waals surface area (Å²) in [5, 5.41) is 0. The van der Waals surface area contributed by atoms with E-state index in [2.05, 4.69) is 74.6 Å². The first-order valence-corrected chi connectivity index (χ1v) is 24.5. The molecule has 0 aromatic heterocycles. The summed E-state index contributed by atoms with van der Waals surface area (Å²) in [5.74, 6) is -0.951. The zero-order chi connectivity index (χ0) is 42.8. The zero-order valence-corrected chi connectivity index (χ0v) is 38.6. The van der Waals surface area contributed by atoms with Crippen LogP contribution in [0, 0.1) is 0 Å². The van der Waals surface area contributed by atoms with Gasteiger partial charge in [-0.25, -0.2) is 0 Å². The lowest BCUT2D eigenvalue weighted by atomic mass is 10.1. The molecule has 10 heteroatoms. The number of carbonyl (C=O) groups is 2. The van der Waals surface area contributed by atoms with Crippen LogP contribution in [0.25, 0.3) is 0 Å². The van der Waals surface area contributed by atoms with Crippen molar-refractivity contribution in [3.8, 4) is 0 Å². The molecule has 0 spiro atoms. The van der Waals surface area contributed by atoms with E-state index in [1.807, 2.05) is 21.1 Å². The summed E-state index contributed by atoms with van der Waals surface area (Å²) in [7, 11) is 1.11. The second-order valence-electron chi connectivity index (χ2n) is 16.4. The number of allylic oxidation sites excluding steroid dienone is 10. The van der Waals surface area contributed by atoms with Crippen LogP contribution in [-0.4, -0.2) is 70.0 Å². The number of carbonyl (C=O) groups excluding carboxylic acids is 2. The molecule has 0 amide bonds. The number of nitrogens with zero attached hydrogens (tertiary/aromatic N) is 1. The predicted octanol–water partition coefficient (Wildman–Crippen LogP) is 12.6. The van der Waals surface area contributed by atoms with E-state index in [-0.39, 0.29) is 26.1 Å². The molecule has 9 nitrogen and oxygen atoms in total. The highest BCUT2D eigenvalue weighted by Gasteiger charge is 2.21. The van der Waals surface area contributed by atoms with Gasteiger partial charge < -0.3 is 27.9 Å². The Kier molecular flexibility index (Phi) is 38.5. The molecule has 1 unspecified atom stereocenters. The van der Waals surface area contributed by atoms with E-state index in [0.717, 1.165) is 38.5 Å². The van der Waals surface area contributed by atoms with Crippen molar-refractivity contribution in [3.05, 3.63) is 60.8 Å². The Morgan fingerprint density at radius 1 is 0.534 bits per heavy atom. The van der Waals surface area contributed by atoms with Gasteiger partial charge in [-0.05, 0) is 70.6 Å². The van der Waals surface area contributed by atoms with Gasteiger partial charge in [0.2, 0.25) is 0 Å². The lowest BCUT2D eigenvalue weighted by Gasteiger charge is -2.28. The van der Waals surface area contributed by atoms with Crippen molar-refractivity contribution in [2.75, 3.05) is 47.5 Å². The number of esters is 2. The second kappa shape index (κ2) is 40.1. The van der Waals surface area contributed by atoms with Crippen LogP contribution in [0.1, 0.15) is 181 Å². The minimum Gasteiger partial charge on any atom is -0.756 e. The van der Waals surface area contributed by atoms with Gasteiger partial charge in [0.05, 0.1) is 27.7 Å². The van der Waals surface area contributed by atoms with Crippen molar-refractivity contribution in [2.45, 2.75) is 187 Å². The maximum absolute atomic E-state index is 12.7. The van der Waals surface area contributed by atoms with E-state index in [9.17, 15) is 19.0 Å². The highest BCUT2D eigenvalue weighted by atomic mass is 31.2. The van der Waals surface area contributed by atoms with Crippen molar-refractivity contribution < 1.29 is 42.1 Å². The number of unbranched alkanes of at least 4 members (excludes halogenated alkanes) is 17. The fraction of sp³-hybridized carbons (Fsp3) is 0.750. The first-order chi connectivity index (χ1) is 28.0. The normalized spacial score (nSPS) is 14.1. The van der Waals surface area contributed by atoms with E-state index in [1.54, 1.807) is 0 Å². The lowest BCUT2D eigenvalue weighted by molar-refractivity contribution is -0.870. The standard InChI is InChI=1S/C48H86NO8P/c1-6-8-10-12-14-16-18-20-22-24-26-28-30-32-34-36-38-40-47(50)54-44-46(45-56-58(52,53)55-43-42-49(3,4)5)57-48(51)41-39-37-35-33-31-29-27-25-23-21-19-17-15-13-11-9-7-2/h20,22,26-29,32-35,46H,6-19,21,23-25,30-31,36-45H2,1-5H3/b22-20+,28-26+,29-27+,34-32+,35-33+/t46-/m1/s1. The number of likely N-dealkylation sites (N-methyl/N-ethyl adjacent to an activating group) is 1. The molecule has 0 fully saturated rings. The number of phosphoric ester groups is 1. The van der Waals surface area contributed by atoms with Gasteiger partial charge >= 0.3 is 11.9 Å². The molecule has 0 aliphatic rings. The summed E-state index contributed by atoms with van der Waals surface area (Å²) in [5.41, 5.74) is 0. The molecule has 0 N–H and O–H groups in total. The number of rotatable bonds is 41. The largest absolute Gasteiger partial charge is 0.756 e. The molecule has 58 heavy (non-hydrogen) atoms. The second-order valence-corrected chi connectivity index (χ2v) is 17.8. The fourth-order valence-corrected chi connectivity index (χ4v) is 6.61. The predicted molar refractivity (Wildman–Crippen MR) is 240 cm³/mol. The first kappa shape index (κ1) is 55.7. The average Bonchev–Trinajstić information content (AvgIpc) is 3.17. The zero-order valence-electron chi connectivity index (χ0n) is 37.7. The van der Waals surface area contributed by atoms with Gasteiger partial charge in [0.15, 0.2) is 6.10 Å². The number of phosphoric acid groups is 1. The van der Waals surface area contributed by atoms with Crippen LogP contribution in [0.5, 0.6) is 0 Å². The number of hydrogen-bond acceptors (Lipinski definition) is 8. The van der Waals surface area contributed by atoms with Crippen molar-refractivity contribution in [2.24, 2.45) is 0 Å². The third-order valence-corrected chi connectivity index (χ3v) is 10.5. The number of quaternary nitrogens is 1. The SMILES string of the molecule is CCCCCCCC/C=C/C/C=C/C/C=C/CCCC(=O)OC[C@H](COP(=O)([O-])OCC[N+](C)(C)C)OC(=O)CCC/C=C/C/C=C/CCCCCCCCCCC. The van der Waals surface area contributed by atoms with E-state index in [0.29, 0.717) is 30.3 Å². The van der Waals surface area contributed by atoms with Crippen LogP contribution in [0.3, 0.4) is 0 Å². The van der Waals surface area contributed by atoms with Crippen molar-refractivity contribution in [1.29, 1.82) is 0 Å². The molecular weight excluding hydrogens is 750 g/mol. The van der Waals surface area contributed by atoms with Gasteiger partial charge in [-0.2, -0.15) is 0 Å². The Morgan fingerprint density at radius 3 is 1.38 bits per heavy atom. The van der Waals surface area contributed by atoms with E-state index in [1.165, 1.54) is 96.3 Å². The van der Waals surface area contributed by atoms with Gasteiger partial charge in [-0.15, -0.1) is 0 Å². The Hall–Kier alpha value is -2.29. The summed E-state index contributed by atoms with van der Waals surface area (Å²) in [6, 6.07) is 0. The molecule has 0 saturated heterocycles. The summed E-state index contributed by atoms with van der Waals surface area (Å²) in [4.78, 5) is 37.5. The molecule has 0 aliphatic carbocycles. The molecule has 0 bridgehead atoms. The van der Waals surface area contributed by atoms with Crippen molar-refractivity contribution in [3.63, 3.8) is 0 Å². The maximum atomic E-state index is 12.7. The third kappa shape index (κ3) is 43.3. The van der Waals surface area contributed by atoms with Crippen LogP contribution < -0.4 is 4.89 Å². The first-order valence-electron chi connectivity index (χ1n) is 23.0. The van der Waals surface area contributed by atoms with Crippen LogP contribution in [0.4, 0.5) is 0 Å². The molecule has 0 radical (unpaired) electrons. The van der Waals surface area contributed by atoms with Gasteiger partial charge in [0, 0.05) is 12.8 Å².